The number of aromatic nitrogens is 2. The number of carbonyl (C=O) groups is 2. The van der Waals surface area contributed by atoms with E-state index in [4.69, 9.17) is 16.3 Å². The molecule has 1 saturated heterocycles. The van der Waals surface area contributed by atoms with E-state index in [0.29, 0.717) is 28.0 Å². The van der Waals surface area contributed by atoms with Crippen molar-refractivity contribution in [2.45, 2.75) is 26.7 Å². The number of amides is 2. The molecule has 2 N–H and O–H groups in total. The number of hydrogen-bond acceptors (Lipinski definition) is 6. The Morgan fingerprint density at radius 1 is 1.21 bits per heavy atom. The first-order chi connectivity index (χ1) is 16.4. The molecule has 3 aromatic rings. The summed E-state index contributed by atoms with van der Waals surface area (Å²) in [6.07, 6.45) is 2.36. The SMILES string of the molecule is CCc1ccc(Nc2cc(C)ncn2)cc1NC(=O)C1CC(=O)N(c2cc(Cl)ccc2OC)C1. The lowest BCUT2D eigenvalue weighted by Gasteiger charge is -2.20. The number of benzene rings is 2. The first kappa shape index (κ1) is 23.5. The molecule has 2 heterocycles. The second kappa shape index (κ2) is 10.1. The highest BCUT2D eigenvalue weighted by molar-refractivity contribution is 6.31. The molecule has 0 bridgehead atoms. The van der Waals surface area contributed by atoms with Crippen LogP contribution in [0.5, 0.6) is 5.75 Å². The molecule has 1 atom stereocenters. The van der Waals surface area contributed by atoms with Gasteiger partial charge in [-0.15, -0.1) is 0 Å². The molecule has 8 nitrogen and oxygen atoms in total. The van der Waals surface area contributed by atoms with Gasteiger partial charge in [0, 0.05) is 41.1 Å². The summed E-state index contributed by atoms with van der Waals surface area (Å²) < 4.78 is 5.38. The van der Waals surface area contributed by atoms with Crippen molar-refractivity contribution in [3.8, 4) is 5.75 Å². The molecule has 2 amide bonds. The van der Waals surface area contributed by atoms with E-state index < -0.39 is 5.92 Å². The first-order valence-electron chi connectivity index (χ1n) is 11.0. The first-order valence-corrected chi connectivity index (χ1v) is 11.4. The fraction of sp³-hybridized carbons (Fsp3) is 0.280. The quantitative estimate of drug-likeness (QED) is 0.508. The fourth-order valence-corrected chi connectivity index (χ4v) is 4.14. The molecule has 1 aliphatic heterocycles. The molecule has 1 aliphatic rings. The number of carbonyl (C=O) groups excluding carboxylic acids is 2. The molecular formula is C25H26ClN5O3. The van der Waals surface area contributed by atoms with E-state index in [1.165, 1.54) is 13.4 Å². The summed E-state index contributed by atoms with van der Waals surface area (Å²) in [6.45, 7) is 4.17. The zero-order chi connectivity index (χ0) is 24.2. The second-order valence-corrected chi connectivity index (χ2v) is 8.54. The van der Waals surface area contributed by atoms with Crippen molar-refractivity contribution >= 4 is 46.3 Å². The van der Waals surface area contributed by atoms with Crippen molar-refractivity contribution in [1.29, 1.82) is 0 Å². The molecule has 9 heteroatoms. The molecule has 1 aromatic heterocycles. The fourth-order valence-electron chi connectivity index (χ4n) is 3.97. The molecule has 0 aliphatic carbocycles. The lowest BCUT2D eigenvalue weighted by Crippen LogP contribution is -2.28. The standard InChI is InChI=1S/C25H26ClN5O3/c1-4-16-5-7-19(29-23-9-15(2)27-14-28-23)12-20(16)30-25(33)17-10-24(32)31(13-17)21-11-18(26)6-8-22(21)34-3/h5-9,11-12,14,17H,4,10,13H2,1-3H3,(H,30,33)(H,27,28,29). The second-order valence-electron chi connectivity index (χ2n) is 8.11. The van der Waals surface area contributed by atoms with Crippen molar-refractivity contribution in [1.82, 2.24) is 9.97 Å². The Hall–Kier alpha value is -3.65. The van der Waals surface area contributed by atoms with Crippen LogP contribution in [0.25, 0.3) is 0 Å². The minimum atomic E-state index is -0.498. The number of nitrogens with one attached hydrogen (secondary N) is 2. The highest BCUT2D eigenvalue weighted by Gasteiger charge is 2.36. The minimum Gasteiger partial charge on any atom is -0.495 e. The molecule has 2 aromatic carbocycles. The van der Waals surface area contributed by atoms with Crippen molar-refractivity contribution in [3.05, 3.63) is 65.1 Å². The summed E-state index contributed by atoms with van der Waals surface area (Å²) in [4.78, 5) is 35.8. The topological polar surface area (TPSA) is 96.4 Å². The van der Waals surface area contributed by atoms with Crippen LogP contribution in [0, 0.1) is 12.8 Å². The summed E-state index contributed by atoms with van der Waals surface area (Å²) in [5.74, 6) is 0.349. The number of anilines is 4. The smallest absolute Gasteiger partial charge is 0.229 e. The normalized spacial score (nSPS) is 15.4. The summed E-state index contributed by atoms with van der Waals surface area (Å²) in [5, 5.41) is 6.76. The average molecular weight is 480 g/mol. The van der Waals surface area contributed by atoms with Gasteiger partial charge in [-0.2, -0.15) is 0 Å². The van der Waals surface area contributed by atoms with Crippen LogP contribution in [0.3, 0.4) is 0 Å². The lowest BCUT2D eigenvalue weighted by molar-refractivity contribution is -0.122. The van der Waals surface area contributed by atoms with Crippen LogP contribution in [-0.2, 0) is 16.0 Å². The van der Waals surface area contributed by atoms with Crippen LogP contribution in [-0.4, -0.2) is 35.4 Å². The van der Waals surface area contributed by atoms with Gasteiger partial charge in [0.1, 0.15) is 17.9 Å². The predicted octanol–water partition coefficient (Wildman–Crippen LogP) is 4.74. The minimum absolute atomic E-state index is 0.112. The zero-order valence-electron chi connectivity index (χ0n) is 19.3. The molecule has 0 radical (unpaired) electrons. The maximum absolute atomic E-state index is 13.2. The number of rotatable bonds is 7. The molecule has 176 valence electrons. The van der Waals surface area contributed by atoms with Crippen molar-refractivity contribution in [2.24, 2.45) is 5.92 Å². The summed E-state index contributed by atoms with van der Waals surface area (Å²) in [5.41, 5.74) is 3.90. The number of methoxy groups -OCH3 is 1. The number of ether oxygens (including phenoxy) is 1. The summed E-state index contributed by atoms with van der Waals surface area (Å²) >= 11 is 6.13. The van der Waals surface area contributed by atoms with Crippen LogP contribution in [0.1, 0.15) is 24.6 Å². The van der Waals surface area contributed by atoms with Crippen molar-refractivity contribution < 1.29 is 14.3 Å². The highest BCUT2D eigenvalue weighted by Crippen LogP contribution is 2.35. The molecule has 0 spiro atoms. The van der Waals surface area contributed by atoms with Crippen molar-refractivity contribution in [2.75, 3.05) is 29.2 Å². The van der Waals surface area contributed by atoms with Gasteiger partial charge >= 0.3 is 0 Å². The Labute approximate surface area is 203 Å². The van der Waals surface area contributed by atoms with E-state index in [1.54, 1.807) is 23.1 Å². The third-order valence-corrected chi connectivity index (χ3v) is 5.99. The Morgan fingerprint density at radius 2 is 2.03 bits per heavy atom. The van der Waals surface area contributed by atoms with Crippen LogP contribution in [0.2, 0.25) is 5.02 Å². The Bertz CT molecular complexity index is 1230. The van der Waals surface area contributed by atoms with Crippen molar-refractivity contribution in [3.63, 3.8) is 0 Å². The molecular weight excluding hydrogens is 454 g/mol. The average Bonchev–Trinajstić information content (AvgIpc) is 3.21. The number of aryl methyl sites for hydroxylation is 2. The lowest BCUT2D eigenvalue weighted by atomic mass is 10.1. The number of hydrogen-bond donors (Lipinski definition) is 2. The predicted molar refractivity (Wildman–Crippen MR) is 133 cm³/mol. The van der Waals surface area contributed by atoms with Gasteiger partial charge in [-0.25, -0.2) is 9.97 Å². The van der Waals surface area contributed by atoms with Gasteiger partial charge in [0.2, 0.25) is 11.8 Å². The van der Waals surface area contributed by atoms with Gasteiger partial charge in [0.25, 0.3) is 0 Å². The van der Waals surface area contributed by atoms with Gasteiger partial charge in [-0.05, 0) is 49.2 Å². The Kier molecular flexibility index (Phi) is 6.98. The van der Waals surface area contributed by atoms with E-state index in [9.17, 15) is 9.59 Å². The number of halogens is 1. The van der Waals surface area contributed by atoms with E-state index in [1.807, 2.05) is 38.1 Å². The Morgan fingerprint density at radius 3 is 2.76 bits per heavy atom. The van der Waals surface area contributed by atoms with E-state index >= 15 is 0 Å². The largest absolute Gasteiger partial charge is 0.495 e. The third kappa shape index (κ3) is 5.12. The van der Waals surface area contributed by atoms with Gasteiger partial charge in [-0.1, -0.05) is 24.6 Å². The van der Waals surface area contributed by atoms with Crippen LogP contribution < -0.4 is 20.3 Å². The molecule has 1 fully saturated rings. The van der Waals surface area contributed by atoms with Gasteiger partial charge in [0.15, 0.2) is 0 Å². The van der Waals surface area contributed by atoms with Crippen LogP contribution >= 0.6 is 11.6 Å². The van der Waals surface area contributed by atoms with E-state index in [2.05, 4.69) is 20.6 Å². The monoisotopic (exact) mass is 479 g/mol. The molecule has 34 heavy (non-hydrogen) atoms. The van der Waals surface area contributed by atoms with Crippen LogP contribution in [0.15, 0.2) is 48.8 Å². The number of nitrogens with zero attached hydrogens (tertiary/aromatic N) is 3. The summed E-state index contributed by atoms with van der Waals surface area (Å²) in [7, 11) is 1.54. The maximum atomic E-state index is 13.2. The van der Waals surface area contributed by atoms with Gasteiger partial charge in [-0.3, -0.25) is 9.59 Å². The zero-order valence-corrected chi connectivity index (χ0v) is 20.0. The Balaban J connectivity index is 1.51. The third-order valence-electron chi connectivity index (χ3n) is 5.75. The highest BCUT2D eigenvalue weighted by atomic mass is 35.5. The van der Waals surface area contributed by atoms with E-state index in [0.717, 1.165) is 23.4 Å². The molecule has 4 rings (SSSR count). The van der Waals surface area contributed by atoms with Gasteiger partial charge < -0.3 is 20.3 Å². The molecule has 0 saturated carbocycles. The van der Waals surface area contributed by atoms with Crippen LogP contribution in [0.4, 0.5) is 22.9 Å². The van der Waals surface area contributed by atoms with E-state index in [-0.39, 0.29) is 24.8 Å². The maximum Gasteiger partial charge on any atom is 0.229 e. The summed E-state index contributed by atoms with van der Waals surface area (Å²) in [6, 6.07) is 12.7. The van der Waals surface area contributed by atoms with Gasteiger partial charge in [0.05, 0.1) is 18.7 Å². The molecule has 1 unspecified atom stereocenters.